The summed E-state index contributed by atoms with van der Waals surface area (Å²) in [5, 5.41) is 0. The summed E-state index contributed by atoms with van der Waals surface area (Å²) >= 11 is 0. The lowest BCUT2D eigenvalue weighted by Crippen LogP contribution is -2.26. The molecule has 0 aliphatic heterocycles. The summed E-state index contributed by atoms with van der Waals surface area (Å²) < 4.78 is 9.34. The van der Waals surface area contributed by atoms with Crippen LogP contribution in [0.15, 0.2) is 0 Å². The van der Waals surface area contributed by atoms with Gasteiger partial charge in [-0.1, -0.05) is 21.8 Å². The standard InChI is InChI=1S/C10H21NO2.C8H18N2O2.2CH4/c1-4-8-11(3)9-6-7-10(12)13-5-2;1-10(7-5-9)6-3-4-8(11)12-2;;/h4-9H2,1-3H3;3-7,9H2,1-2H3;2*1H4. The molecule has 0 amide bonds. The number of rotatable bonds is 13. The van der Waals surface area contributed by atoms with Gasteiger partial charge in [0, 0.05) is 25.9 Å². The van der Waals surface area contributed by atoms with Crippen molar-refractivity contribution in [2.45, 2.75) is 60.8 Å². The molecule has 0 saturated heterocycles. The van der Waals surface area contributed by atoms with Crippen LogP contribution in [0.3, 0.4) is 0 Å². The summed E-state index contributed by atoms with van der Waals surface area (Å²) in [6.45, 7) is 8.99. The smallest absolute Gasteiger partial charge is 0.305 e. The maximum Gasteiger partial charge on any atom is 0.305 e. The van der Waals surface area contributed by atoms with E-state index in [9.17, 15) is 9.59 Å². The van der Waals surface area contributed by atoms with Crippen LogP contribution in [-0.2, 0) is 19.1 Å². The van der Waals surface area contributed by atoms with Crippen molar-refractivity contribution < 1.29 is 19.1 Å². The van der Waals surface area contributed by atoms with Crippen molar-refractivity contribution in [1.29, 1.82) is 0 Å². The first-order chi connectivity index (χ1) is 11.9. The zero-order valence-corrected chi connectivity index (χ0v) is 16.9. The number of carbonyl (C=O) groups excluding carboxylic acids is 2. The van der Waals surface area contributed by atoms with Gasteiger partial charge in [-0.3, -0.25) is 9.59 Å². The molecule has 0 heterocycles. The van der Waals surface area contributed by atoms with Crippen LogP contribution in [0.25, 0.3) is 0 Å². The number of nitrogens with zero attached hydrogens (tertiary/aromatic N) is 2. The summed E-state index contributed by atoms with van der Waals surface area (Å²) in [5.41, 5.74) is 5.35. The van der Waals surface area contributed by atoms with E-state index in [-0.39, 0.29) is 26.8 Å². The molecule has 0 aromatic carbocycles. The van der Waals surface area contributed by atoms with E-state index in [1.54, 1.807) is 0 Å². The van der Waals surface area contributed by atoms with Gasteiger partial charge < -0.3 is 25.0 Å². The quantitative estimate of drug-likeness (QED) is 0.482. The van der Waals surface area contributed by atoms with Gasteiger partial charge in [-0.15, -0.1) is 0 Å². The number of hydrogen-bond donors (Lipinski definition) is 1. The number of carbonyl (C=O) groups is 2. The van der Waals surface area contributed by atoms with E-state index in [1.807, 2.05) is 14.0 Å². The Morgan fingerprint density at radius 2 is 1.33 bits per heavy atom. The topological polar surface area (TPSA) is 85.1 Å². The maximum absolute atomic E-state index is 10.9. The molecule has 0 fully saturated rings. The van der Waals surface area contributed by atoms with E-state index in [2.05, 4.69) is 28.5 Å². The van der Waals surface area contributed by atoms with E-state index in [4.69, 9.17) is 10.5 Å². The van der Waals surface area contributed by atoms with Crippen molar-refractivity contribution in [2.24, 2.45) is 5.73 Å². The predicted molar refractivity (Wildman–Crippen MR) is 115 cm³/mol. The summed E-state index contributed by atoms with van der Waals surface area (Å²) in [5.74, 6) is -0.219. The molecule has 7 nitrogen and oxygen atoms in total. The number of likely N-dealkylation sites (N-methyl/N-ethyl adjacent to an activating group) is 1. The highest BCUT2D eigenvalue weighted by Gasteiger charge is 2.02. The zero-order chi connectivity index (χ0) is 19.5. The van der Waals surface area contributed by atoms with E-state index >= 15 is 0 Å². The van der Waals surface area contributed by atoms with E-state index in [0.717, 1.165) is 45.4 Å². The lowest BCUT2D eigenvalue weighted by atomic mass is 10.3. The Morgan fingerprint density at radius 3 is 1.74 bits per heavy atom. The highest BCUT2D eigenvalue weighted by molar-refractivity contribution is 5.69. The SMILES string of the molecule is C.C.CCCN(C)CCCC(=O)OCC.COC(=O)CCCN(C)CCN. The van der Waals surface area contributed by atoms with Crippen molar-refractivity contribution >= 4 is 11.9 Å². The minimum absolute atomic E-state index is 0. The van der Waals surface area contributed by atoms with Crippen LogP contribution in [0.1, 0.15) is 60.8 Å². The molecule has 0 radical (unpaired) electrons. The fourth-order valence-electron chi connectivity index (χ4n) is 2.15. The number of esters is 2. The number of ether oxygens (including phenoxy) is 2. The van der Waals surface area contributed by atoms with Crippen molar-refractivity contribution in [3.8, 4) is 0 Å². The predicted octanol–water partition coefficient (Wildman–Crippen LogP) is 2.77. The highest BCUT2D eigenvalue weighted by Crippen LogP contribution is 1.96. The van der Waals surface area contributed by atoms with Crippen LogP contribution < -0.4 is 5.73 Å². The monoisotopic (exact) mass is 393 g/mol. The summed E-state index contributed by atoms with van der Waals surface area (Å²) in [4.78, 5) is 26.0. The summed E-state index contributed by atoms with van der Waals surface area (Å²) in [7, 11) is 5.48. The van der Waals surface area contributed by atoms with Crippen LogP contribution >= 0.6 is 0 Å². The van der Waals surface area contributed by atoms with Crippen LogP contribution in [0.5, 0.6) is 0 Å². The molecule has 166 valence electrons. The second-order valence-corrected chi connectivity index (χ2v) is 5.98. The fourth-order valence-corrected chi connectivity index (χ4v) is 2.15. The molecule has 0 rings (SSSR count). The van der Waals surface area contributed by atoms with Gasteiger partial charge in [-0.05, 0) is 59.9 Å². The third-order valence-electron chi connectivity index (χ3n) is 3.49. The van der Waals surface area contributed by atoms with Gasteiger partial charge in [0.15, 0.2) is 0 Å². The Bertz CT molecular complexity index is 328. The number of hydrogen-bond acceptors (Lipinski definition) is 7. The fraction of sp³-hybridized carbons (Fsp3) is 0.900. The van der Waals surface area contributed by atoms with Gasteiger partial charge in [0.25, 0.3) is 0 Å². The molecule has 0 atom stereocenters. The molecular formula is C20H47N3O4. The molecule has 27 heavy (non-hydrogen) atoms. The molecule has 0 spiro atoms. The normalized spacial score (nSPS) is 9.63. The number of methoxy groups -OCH3 is 1. The third kappa shape index (κ3) is 27.1. The summed E-state index contributed by atoms with van der Waals surface area (Å²) in [6, 6.07) is 0. The third-order valence-corrected chi connectivity index (χ3v) is 3.49. The molecule has 0 bridgehead atoms. The molecule has 7 heteroatoms. The molecule has 0 unspecified atom stereocenters. The van der Waals surface area contributed by atoms with Gasteiger partial charge in [0.1, 0.15) is 0 Å². The average molecular weight is 394 g/mol. The summed E-state index contributed by atoms with van der Waals surface area (Å²) in [6.07, 6.45) is 3.93. The van der Waals surface area contributed by atoms with Crippen LogP contribution in [0.2, 0.25) is 0 Å². The molecule has 0 aromatic heterocycles. The second kappa shape index (κ2) is 24.8. The maximum atomic E-state index is 10.9. The van der Waals surface area contributed by atoms with Crippen LogP contribution in [0, 0.1) is 0 Å². The van der Waals surface area contributed by atoms with Crippen molar-refractivity contribution in [3.63, 3.8) is 0 Å². The minimum Gasteiger partial charge on any atom is -0.469 e. The van der Waals surface area contributed by atoms with Crippen LogP contribution in [0.4, 0.5) is 0 Å². The van der Waals surface area contributed by atoms with Gasteiger partial charge >= 0.3 is 11.9 Å². The molecule has 0 aliphatic carbocycles. The van der Waals surface area contributed by atoms with Gasteiger partial charge in [-0.25, -0.2) is 0 Å². The Hall–Kier alpha value is -1.18. The van der Waals surface area contributed by atoms with E-state index < -0.39 is 0 Å². The van der Waals surface area contributed by atoms with E-state index in [0.29, 0.717) is 26.0 Å². The lowest BCUT2D eigenvalue weighted by Gasteiger charge is -2.14. The number of nitrogens with two attached hydrogens (primary N) is 1. The lowest BCUT2D eigenvalue weighted by molar-refractivity contribution is -0.143. The minimum atomic E-state index is -0.142. The second-order valence-electron chi connectivity index (χ2n) is 5.98. The molecular weight excluding hydrogens is 346 g/mol. The molecule has 0 aromatic rings. The first-order valence-corrected chi connectivity index (χ1v) is 9.20. The Labute approximate surface area is 168 Å². The first kappa shape index (κ1) is 33.4. The Kier molecular flexibility index (Phi) is 30.7. The average Bonchev–Trinajstić information content (AvgIpc) is 2.56. The molecule has 0 saturated carbocycles. The molecule has 0 aliphatic rings. The van der Waals surface area contributed by atoms with E-state index in [1.165, 1.54) is 7.11 Å². The Morgan fingerprint density at radius 1 is 0.852 bits per heavy atom. The van der Waals surface area contributed by atoms with Gasteiger partial charge in [0.05, 0.1) is 13.7 Å². The van der Waals surface area contributed by atoms with Crippen molar-refractivity contribution in [1.82, 2.24) is 9.80 Å². The highest BCUT2D eigenvalue weighted by atomic mass is 16.5. The largest absolute Gasteiger partial charge is 0.469 e. The van der Waals surface area contributed by atoms with Gasteiger partial charge in [-0.2, -0.15) is 0 Å². The first-order valence-electron chi connectivity index (χ1n) is 9.20. The van der Waals surface area contributed by atoms with Crippen molar-refractivity contribution in [2.75, 3.05) is 60.5 Å². The van der Waals surface area contributed by atoms with Crippen LogP contribution in [-0.4, -0.2) is 82.3 Å². The Balaban J connectivity index is -0.000000183. The molecule has 2 N–H and O–H groups in total. The zero-order valence-electron chi connectivity index (χ0n) is 16.9. The van der Waals surface area contributed by atoms with Crippen molar-refractivity contribution in [3.05, 3.63) is 0 Å². The van der Waals surface area contributed by atoms with Gasteiger partial charge in [0.2, 0.25) is 0 Å².